The Bertz CT molecular complexity index is 1480. The summed E-state index contributed by atoms with van der Waals surface area (Å²) in [5, 5.41) is 11.3. The van der Waals surface area contributed by atoms with E-state index < -0.39 is 47.7 Å². The molecule has 0 aliphatic heterocycles. The first-order chi connectivity index (χ1) is 21.0. The second-order valence-corrected chi connectivity index (χ2v) is 10.3. The van der Waals surface area contributed by atoms with E-state index in [2.05, 4.69) is 31.2 Å². The van der Waals surface area contributed by atoms with Crippen LogP contribution in [0.3, 0.4) is 0 Å². The molecule has 3 atom stereocenters. The van der Waals surface area contributed by atoms with Crippen molar-refractivity contribution in [3.8, 4) is 0 Å². The molecule has 0 aliphatic rings. The second-order valence-electron chi connectivity index (χ2n) is 10.3. The highest BCUT2D eigenvalue weighted by molar-refractivity contribution is 5.95. The van der Waals surface area contributed by atoms with Crippen LogP contribution in [0.25, 0.3) is 10.9 Å². The van der Waals surface area contributed by atoms with E-state index in [0.717, 1.165) is 22.0 Å². The van der Waals surface area contributed by atoms with Gasteiger partial charge >= 0.3 is 0 Å². The van der Waals surface area contributed by atoms with Crippen molar-refractivity contribution < 1.29 is 24.0 Å². The zero-order valence-corrected chi connectivity index (χ0v) is 24.5. The molecule has 5 amide bonds. The number of nitrogens with two attached hydrogens (primary N) is 3. The third-order valence-electron chi connectivity index (χ3n) is 6.77. The molecule has 14 nitrogen and oxygen atoms in total. The Labute approximate surface area is 254 Å². The lowest BCUT2D eigenvalue weighted by Crippen LogP contribution is -2.57. The highest BCUT2D eigenvalue weighted by atomic mass is 16.2. The van der Waals surface area contributed by atoms with Gasteiger partial charge in [-0.25, -0.2) is 0 Å². The molecule has 44 heavy (non-hydrogen) atoms. The lowest BCUT2D eigenvalue weighted by atomic mass is 10.0. The molecule has 0 fully saturated rings. The number of guanidine groups is 1. The van der Waals surface area contributed by atoms with Gasteiger partial charge in [-0.3, -0.25) is 29.0 Å². The van der Waals surface area contributed by atoms with Gasteiger partial charge in [0.2, 0.25) is 29.5 Å². The minimum Gasteiger partial charge on any atom is -0.370 e. The Balaban J connectivity index is 1.79. The predicted molar refractivity (Wildman–Crippen MR) is 166 cm³/mol. The van der Waals surface area contributed by atoms with Gasteiger partial charge in [0, 0.05) is 43.4 Å². The summed E-state index contributed by atoms with van der Waals surface area (Å²) in [4.78, 5) is 70.3. The smallest absolute Gasteiger partial charge is 0.243 e. The zero-order valence-electron chi connectivity index (χ0n) is 24.5. The maximum Gasteiger partial charge on any atom is 0.243 e. The first kappa shape index (κ1) is 33.1. The number of amides is 5. The van der Waals surface area contributed by atoms with Crippen LogP contribution in [0.5, 0.6) is 0 Å². The van der Waals surface area contributed by atoms with Gasteiger partial charge in [-0.2, -0.15) is 0 Å². The Hall–Kier alpha value is -5.40. The number of aliphatic imine (C=N–C) groups is 1. The summed E-state index contributed by atoms with van der Waals surface area (Å²) < 4.78 is 0. The van der Waals surface area contributed by atoms with Crippen molar-refractivity contribution in [3.63, 3.8) is 0 Å². The monoisotopic (exact) mass is 605 g/mol. The average Bonchev–Trinajstić information content (AvgIpc) is 3.39. The fourth-order valence-electron chi connectivity index (χ4n) is 4.57. The maximum absolute atomic E-state index is 13.5. The quantitative estimate of drug-likeness (QED) is 0.0580. The molecular weight excluding hydrogens is 566 g/mol. The molecule has 14 heteroatoms. The van der Waals surface area contributed by atoms with E-state index in [-0.39, 0.29) is 38.3 Å². The van der Waals surface area contributed by atoms with Crippen LogP contribution >= 0.6 is 0 Å². The summed E-state index contributed by atoms with van der Waals surface area (Å²) in [5.74, 6) is -3.14. The largest absolute Gasteiger partial charge is 0.370 e. The first-order valence-corrected chi connectivity index (χ1v) is 14.1. The van der Waals surface area contributed by atoms with Gasteiger partial charge in [-0.1, -0.05) is 48.5 Å². The summed E-state index contributed by atoms with van der Waals surface area (Å²) in [6, 6.07) is 13.2. The van der Waals surface area contributed by atoms with Crippen LogP contribution in [0, 0.1) is 0 Å². The molecule has 2 aromatic carbocycles. The van der Waals surface area contributed by atoms with Crippen molar-refractivity contribution in [1.29, 1.82) is 0 Å². The van der Waals surface area contributed by atoms with E-state index in [1.54, 1.807) is 30.5 Å². The fourth-order valence-corrected chi connectivity index (χ4v) is 4.57. The van der Waals surface area contributed by atoms with E-state index in [4.69, 9.17) is 17.2 Å². The van der Waals surface area contributed by atoms with Crippen LogP contribution in [0.2, 0.25) is 0 Å². The molecule has 0 saturated heterocycles. The van der Waals surface area contributed by atoms with Crippen LogP contribution in [0.4, 0.5) is 0 Å². The van der Waals surface area contributed by atoms with Crippen molar-refractivity contribution in [2.75, 3.05) is 13.1 Å². The molecule has 0 saturated carbocycles. The molecule has 11 N–H and O–H groups in total. The van der Waals surface area contributed by atoms with E-state index >= 15 is 0 Å². The van der Waals surface area contributed by atoms with Crippen LogP contribution in [-0.2, 0) is 36.8 Å². The molecule has 1 aromatic heterocycles. The van der Waals surface area contributed by atoms with Gasteiger partial charge < -0.3 is 43.5 Å². The summed E-state index contributed by atoms with van der Waals surface area (Å²) in [6.07, 6.45) is 2.42. The summed E-state index contributed by atoms with van der Waals surface area (Å²) >= 11 is 0. The van der Waals surface area contributed by atoms with Crippen molar-refractivity contribution in [2.24, 2.45) is 22.2 Å². The van der Waals surface area contributed by atoms with E-state index in [1.165, 1.54) is 6.92 Å². The van der Waals surface area contributed by atoms with Crippen molar-refractivity contribution in [1.82, 2.24) is 26.3 Å². The number of aromatic amines is 1. The number of benzene rings is 2. The second kappa shape index (κ2) is 16.3. The zero-order chi connectivity index (χ0) is 32.1. The molecule has 3 aromatic rings. The summed E-state index contributed by atoms with van der Waals surface area (Å²) in [7, 11) is 0. The van der Waals surface area contributed by atoms with Crippen LogP contribution in [0.15, 0.2) is 65.8 Å². The first-order valence-electron chi connectivity index (χ1n) is 14.1. The molecule has 1 heterocycles. The SMILES string of the molecule is CC(=O)NCC(=O)N[C@H](Cc1ccccc1)C(=O)N[C@@H](CCCN=C(N)N)C(=O)N[C@H](Cc1c[nH]c2ccccc12)C(N)=O. The van der Waals surface area contributed by atoms with Crippen LogP contribution in [0.1, 0.15) is 30.9 Å². The van der Waals surface area contributed by atoms with E-state index in [9.17, 15) is 24.0 Å². The lowest BCUT2D eigenvalue weighted by Gasteiger charge is -2.25. The number of rotatable bonds is 16. The third-order valence-corrected chi connectivity index (χ3v) is 6.77. The highest BCUT2D eigenvalue weighted by Gasteiger charge is 2.29. The number of H-pyrrole nitrogens is 1. The topological polar surface area (TPSA) is 240 Å². The normalized spacial score (nSPS) is 12.8. The number of fused-ring (bicyclic) bond motifs is 1. The van der Waals surface area contributed by atoms with E-state index in [0.29, 0.717) is 6.42 Å². The molecular formula is C30H39N9O5. The molecule has 0 bridgehead atoms. The number of para-hydroxylation sites is 1. The number of primary amides is 1. The predicted octanol–water partition coefficient (Wildman–Crippen LogP) is -0.917. The standard InChI is InChI=1S/C30H39N9O5/c1-18(40)35-17-26(41)37-25(14-19-8-3-2-4-9-19)29(44)38-23(12-7-13-34-30(32)33)28(43)39-24(27(31)42)15-20-16-36-22-11-6-5-10-21(20)22/h2-6,8-11,16,23-25,36H,7,12-15,17H2,1H3,(H2,31,42)(H,35,40)(H,37,41)(H,38,44)(H,39,43)(H4,32,33,34)/t23-,24+,25+/m0/s1. The van der Waals surface area contributed by atoms with Gasteiger partial charge in [-0.05, 0) is 30.0 Å². The lowest BCUT2D eigenvalue weighted by molar-refractivity contribution is -0.133. The van der Waals surface area contributed by atoms with Gasteiger partial charge in [0.25, 0.3) is 0 Å². The Kier molecular flexibility index (Phi) is 12.3. The highest BCUT2D eigenvalue weighted by Crippen LogP contribution is 2.19. The molecule has 0 unspecified atom stereocenters. The Morgan fingerprint density at radius 1 is 0.818 bits per heavy atom. The molecule has 0 spiro atoms. The van der Waals surface area contributed by atoms with Gasteiger partial charge in [-0.15, -0.1) is 0 Å². The fraction of sp³-hybridized carbons (Fsp3) is 0.333. The van der Waals surface area contributed by atoms with Crippen molar-refractivity contribution >= 4 is 46.4 Å². The molecule has 0 radical (unpaired) electrons. The van der Waals surface area contributed by atoms with Crippen LogP contribution in [-0.4, -0.2) is 71.7 Å². The average molecular weight is 606 g/mol. The number of nitrogens with zero attached hydrogens (tertiary/aromatic N) is 1. The molecule has 3 rings (SSSR count). The number of nitrogens with one attached hydrogen (secondary N) is 5. The van der Waals surface area contributed by atoms with E-state index in [1.807, 2.05) is 30.3 Å². The summed E-state index contributed by atoms with van der Waals surface area (Å²) in [5.41, 5.74) is 18.9. The van der Waals surface area contributed by atoms with Gasteiger partial charge in [0.1, 0.15) is 18.1 Å². The summed E-state index contributed by atoms with van der Waals surface area (Å²) in [6.45, 7) is 1.13. The van der Waals surface area contributed by atoms with Crippen molar-refractivity contribution in [2.45, 2.75) is 50.7 Å². The maximum atomic E-state index is 13.5. The minimum atomic E-state index is -1.12. The third kappa shape index (κ3) is 10.5. The number of hydrogen-bond acceptors (Lipinski definition) is 6. The number of aromatic nitrogens is 1. The Morgan fingerprint density at radius 3 is 2.16 bits per heavy atom. The Morgan fingerprint density at radius 2 is 1.48 bits per heavy atom. The van der Waals surface area contributed by atoms with Gasteiger partial charge in [0.05, 0.1) is 6.54 Å². The number of hydrogen-bond donors (Lipinski definition) is 8. The minimum absolute atomic E-state index is 0.116. The number of carbonyl (C=O) groups is 5. The van der Waals surface area contributed by atoms with Crippen molar-refractivity contribution in [3.05, 3.63) is 71.9 Å². The molecule has 0 aliphatic carbocycles. The van der Waals surface area contributed by atoms with Crippen LogP contribution < -0.4 is 38.5 Å². The van der Waals surface area contributed by atoms with Gasteiger partial charge in [0.15, 0.2) is 5.96 Å². The number of carbonyl (C=O) groups excluding carboxylic acids is 5. The molecule has 234 valence electrons.